The molecule has 0 bridgehead atoms. The second-order valence-corrected chi connectivity index (χ2v) is 7.67. The number of aromatic nitrogens is 1. The number of hydroxylamine groups is 1. The lowest BCUT2D eigenvalue weighted by Gasteiger charge is -2.14. The monoisotopic (exact) mass is 440 g/mol. The summed E-state index contributed by atoms with van der Waals surface area (Å²) in [5.74, 6) is -0.457. The van der Waals surface area contributed by atoms with Crippen molar-refractivity contribution in [2.45, 2.75) is 39.2 Å². The van der Waals surface area contributed by atoms with Gasteiger partial charge in [0.15, 0.2) is 6.61 Å². The number of hydrogen-bond donors (Lipinski definition) is 3. The smallest absolute Gasteiger partial charge is 0.303 e. The molecule has 9 heteroatoms. The Bertz CT molecular complexity index is 943. The van der Waals surface area contributed by atoms with Crippen molar-refractivity contribution in [3.63, 3.8) is 0 Å². The molecule has 1 aromatic carbocycles. The van der Waals surface area contributed by atoms with E-state index < -0.39 is 11.9 Å². The third-order valence-electron chi connectivity index (χ3n) is 5.11. The molecule has 0 spiro atoms. The summed E-state index contributed by atoms with van der Waals surface area (Å²) < 4.78 is 4.66. The second kappa shape index (κ2) is 11.8. The first kappa shape index (κ1) is 23.2. The first-order valence-corrected chi connectivity index (χ1v) is 10.6. The van der Waals surface area contributed by atoms with Crippen molar-refractivity contribution in [3.05, 3.63) is 53.7 Å². The van der Waals surface area contributed by atoms with Gasteiger partial charge in [-0.15, -0.1) is 0 Å². The van der Waals surface area contributed by atoms with Crippen molar-refractivity contribution < 1.29 is 24.0 Å². The maximum Gasteiger partial charge on any atom is 0.303 e. The van der Waals surface area contributed by atoms with Gasteiger partial charge in [0.05, 0.1) is 12.2 Å². The molecule has 170 valence electrons. The van der Waals surface area contributed by atoms with E-state index in [2.05, 4.69) is 25.8 Å². The number of para-hydroxylation sites is 1. The Hall–Kier alpha value is -3.46. The third kappa shape index (κ3) is 7.35. The molecule has 0 saturated heterocycles. The maximum atomic E-state index is 12.6. The normalized spacial score (nSPS) is 13.4. The summed E-state index contributed by atoms with van der Waals surface area (Å²) in [4.78, 5) is 44.7. The highest BCUT2D eigenvalue weighted by molar-refractivity contribution is 5.99. The van der Waals surface area contributed by atoms with E-state index in [1.165, 1.54) is 19.8 Å². The highest BCUT2D eigenvalue weighted by Crippen LogP contribution is 2.24. The summed E-state index contributed by atoms with van der Waals surface area (Å²) in [6.07, 6.45) is 6.30. The van der Waals surface area contributed by atoms with Crippen LogP contribution < -0.4 is 16.1 Å². The molecule has 0 atom stereocenters. The van der Waals surface area contributed by atoms with Crippen LogP contribution in [-0.4, -0.2) is 36.0 Å². The highest BCUT2D eigenvalue weighted by atomic mass is 16.7. The second-order valence-electron chi connectivity index (χ2n) is 7.67. The van der Waals surface area contributed by atoms with Gasteiger partial charge in [0.1, 0.15) is 5.82 Å². The lowest BCUT2D eigenvalue weighted by atomic mass is 10.1. The van der Waals surface area contributed by atoms with Crippen LogP contribution in [0.5, 0.6) is 0 Å². The van der Waals surface area contributed by atoms with Crippen LogP contribution in [0.1, 0.15) is 48.5 Å². The number of esters is 1. The van der Waals surface area contributed by atoms with Crippen LogP contribution in [0.15, 0.2) is 42.6 Å². The highest BCUT2D eigenvalue weighted by Gasteiger charge is 2.17. The minimum Gasteiger partial charge on any atom is -0.456 e. The number of amides is 2. The number of ether oxygens (including phenoxy) is 1. The molecule has 2 aromatic rings. The summed E-state index contributed by atoms with van der Waals surface area (Å²) in [7, 11) is 0. The van der Waals surface area contributed by atoms with Gasteiger partial charge in [-0.2, -0.15) is 0 Å². The van der Waals surface area contributed by atoms with E-state index in [1.54, 1.807) is 30.5 Å². The fraction of sp³-hybridized carbons (Fsp3) is 0.391. The third-order valence-corrected chi connectivity index (χ3v) is 5.11. The zero-order chi connectivity index (χ0) is 22.8. The molecule has 0 radical (unpaired) electrons. The van der Waals surface area contributed by atoms with E-state index in [9.17, 15) is 14.4 Å². The summed E-state index contributed by atoms with van der Waals surface area (Å²) in [5.41, 5.74) is 4.52. The summed E-state index contributed by atoms with van der Waals surface area (Å²) in [6, 6.07) is 10.7. The van der Waals surface area contributed by atoms with Crippen LogP contribution in [0.3, 0.4) is 0 Å². The predicted octanol–water partition coefficient (Wildman–Crippen LogP) is 3.05. The summed E-state index contributed by atoms with van der Waals surface area (Å²) in [6.45, 7) is 1.80. The Balaban J connectivity index is 1.53. The van der Waals surface area contributed by atoms with Gasteiger partial charge < -0.3 is 15.4 Å². The van der Waals surface area contributed by atoms with E-state index in [1.807, 2.05) is 12.1 Å². The minimum atomic E-state index is -0.530. The molecule has 32 heavy (non-hydrogen) atoms. The number of nitrogens with zero attached hydrogens (tertiary/aromatic N) is 1. The minimum absolute atomic E-state index is 0.306. The molecule has 0 aliphatic heterocycles. The van der Waals surface area contributed by atoms with Crippen molar-refractivity contribution >= 4 is 29.3 Å². The fourth-order valence-corrected chi connectivity index (χ4v) is 3.49. The van der Waals surface area contributed by atoms with Crippen LogP contribution in [-0.2, 0) is 25.7 Å². The van der Waals surface area contributed by atoms with Gasteiger partial charge in [-0.05, 0) is 48.6 Å². The Morgan fingerprint density at radius 1 is 1.12 bits per heavy atom. The molecule has 3 N–H and O–H groups in total. The van der Waals surface area contributed by atoms with E-state index in [0.717, 1.165) is 18.4 Å². The molecular formula is C23H28N4O5. The van der Waals surface area contributed by atoms with Crippen molar-refractivity contribution in [1.29, 1.82) is 0 Å². The van der Waals surface area contributed by atoms with Gasteiger partial charge in [-0.1, -0.05) is 25.0 Å². The Morgan fingerprint density at radius 2 is 1.91 bits per heavy atom. The largest absolute Gasteiger partial charge is 0.456 e. The van der Waals surface area contributed by atoms with Crippen molar-refractivity contribution in [1.82, 2.24) is 10.5 Å². The predicted molar refractivity (Wildman–Crippen MR) is 119 cm³/mol. The molecular weight excluding hydrogens is 412 g/mol. The molecule has 9 nitrogen and oxygen atoms in total. The zero-order valence-electron chi connectivity index (χ0n) is 18.1. The van der Waals surface area contributed by atoms with E-state index in [-0.39, 0.29) is 12.5 Å². The molecule has 1 saturated carbocycles. The standard InChI is InChI=1S/C23H28N4O5/c1-16(28)31-15-22(29)26-21-12-18(10-11-24-21)13-25-20-9-5-4-8-19(20)23(30)27-32-14-17-6-2-3-7-17/h4-5,8-12,17,25H,2-3,6-7,13-15H2,1H3,(H,27,30)(H,24,26,29). The number of benzene rings is 1. The topological polar surface area (TPSA) is 119 Å². The number of carbonyl (C=O) groups excluding carboxylic acids is 3. The van der Waals surface area contributed by atoms with Gasteiger partial charge in [0.25, 0.3) is 11.8 Å². The average molecular weight is 441 g/mol. The zero-order valence-corrected chi connectivity index (χ0v) is 18.1. The molecule has 1 heterocycles. The van der Waals surface area contributed by atoms with Gasteiger partial charge >= 0.3 is 5.97 Å². The quantitative estimate of drug-likeness (QED) is 0.384. The number of anilines is 2. The van der Waals surface area contributed by atoms with Crippen LogP contribution in [0.2, 0.25) is 0 Å². The van der Waals surface area contributed by atoms with Crippen LogP contribution >= 0.6 is 0 Å². The van der Waals surface area contributed by atoms with Crippen LogP contribution in [0.25, 0.3) is 0 Å². The molecule has 1 aliphatic rings. The summed E-state index contributed by atoms with van der Waals surface area (Å²) in [5, 5.41) is 5.81. The van der Waals surface area contributed by atoms with Crippen LogP contribution in [0, 0.1) is 5.92 Å². The molecule has 1 fully saturated rings. The maximum absolute atomic E-state index is 12.6. The Kier molecular flexibility index (Phi) is 8.56. The van der Waals surface area contributed by atoms with Gasteiger partial charge in [-0.25, -0.2) is 10.5 Å². The molecule has 1 aliphatic carbocycles. The average Bonchev–Trinajstić information content (AvgIpc) is 3.30. The van der Waals surface area contributed by atoms with Crippen molar-refractivity contribution in [2.24, 2.45) is 5.92 Å². The van der Waals surface area contributed by atoms with E-state index in [0.29, 0.717) is 36.1 Å². The Labute approximate surface area is 186 Å². The molecule has 2 amide bonds. The number of rotatable bonds is 10. The van der Waals surface area contributed by atoms with Crippen molar-refractivity contribution in [2.75, 3.05) is 23.8 Å². The Morgan fingerprint density at radius 3 is 2.69 bits per heavy atom. The molecule has 1 aromatic heterocycles. The summed E-state index contributed by atoms with van der Waals surface area (Å²) >= 11 is 0. The first-order valence-electron chi connectivity index (χ1n) is 10.6. The SMILES string of the molecule is CC(=O)OCC(=O)Nc1cc(CNc2ccccc2C(=O)NOCC2CCCC2)ccn1. The van der Waals surface area contributed by atoms with Gasteiger partial charge in [0, 0.05) is 25.4 Å². The number of nitrogens with one attached hydrogen (secondary N) is 3. The number of pyridine rings is 1. The number of carbonyl (C=O) groups is 3. The van der Waals surface area contributed by atoms with Gasteiger partial charge in [-0.3, -0.25) is 19.2 Å². The van der Waals surface area contributed by atoms with Gasteiger partial charge in [0.2, 0.25) is 0 Å². The van der Waals surface area contributed by atoms with Crippen LogP contribution in [0.4, 0.5) is 11.5 Å². The molecule has 3 rings (SSSR count). The van der Waals surface area contributed by atoms with E-state index in [4.69, 9.17) is 4.84 Å². The first-order chi connectivity index (χ1) is 15.5. The fourth-order valence-electron chi connectivity index (χ4n) is 3.49. The lowest BCUT2D eigenvalue weighted by molar-refractivity contribution is -0.144. The molecule has 0 unspecified atom stereocenters. The lowest BCUT2D eigenvalue weighted by Crippen LogP contribution is -2.27. The van der Waals surface area contributed by atoms with E-state index >= 15 is 0 Å². The van der Waals surface area contributed by atoms with Crippen molar-refractivity contribution in [3.8, 4) is 0 Å². The number of hydrogen-bond acceptors (Lipinski definition) is 7.